The number of benzene rings is 2. The highest BCUT2D eigenvalue weighted by Gasteiger charge is 2.18. The van der Waals surface area contributed by atoms with Crippen LogP contribution in [-0.2, 0) is 11.3 Å². The molecule has 1 N–H and O–H groups in total. The van der Waals surface area contributed by atoms with E-state index in [-0.39, 0.29) is 17.5 Å². The number of nitrogens with one attached hydrogen (secondary N) is 1. The SMILES string of the molecule is O=C(CSc1nnc(-c2ccccc2Cl)n1Cc1ccco1)Nc1ccc(F)cc1. The molecule has 4 aromatic rings. The number of carbonyl (C=O) groups is 1. The second-order valence-electron chi connectivity index (χ2n) is 6.30. The molecule has 2 aromatic carbocycles. The summed E-state index contributed by atoms with van der Waals surface area (Å²) in [5, 5.41) is 12.4. The Morgan fingerprint density at radius 2 is 1.90 bits per heavy atom. The van der Waals surface area contributed by atoms with E-state index in [1.165, 1.54) is 36.0 Å². The van der Waals surface area contributed by atoms with Gasteiger partial charge in [0.15, 0.2) is 11.0 Å². The highest BCUT2D eigenvalue weighted by atomic mass is 35.5. The van der Waals surface area contributed by atoms with Crippen LogP contribution in [0.2, 0.25) is 5.02 Å². The van der Waals surface area contributed by atoms with Crippen LogP contribution in [0.1, 0.15) is 5.76 Å². The first-order valence-electron chi connectivity index (χ1n) is 8.99. The van der Waals surface area contributed by atoms with Crippen molar-refractivity contribution < 1.29 is 13.6 Å². The van der Waals surface area contributed by atoms with Crippen LogP contribution in [0, 0.1) is 5.82 Å². The van der Waals surface area contributed by atoms with Crippen LogP contribution in [0.3, 0.4) is 0 Å². The molecule has 0 spiro atoms. The smallest absolute Gasteiger partial charge is 0.234 e. The highest BCUT2D eigenvalue weighted by Crippen LogP contribution is 2.30. The topological polar surface area (TPSA) is 73.0 Å². The minimum atomic E-state index is -0.361. The van der Waals surface area contributed by atoms with Crippen molar-refractivity contribution in [1.29, 1.82) is 0 Å². The molecular formula is C21H16ClFN4O2S. The number of amides is 1. The first kappa shape index (κ1) is 20.2. The van der Waals surface area contributed by atoms with Gasteiger partial charge in [-0.15, -0.1) is 10.2 Å². The van der Waals surface area contributed by atoms with E-state index in [4.69, 9.17) is 16.0 Å². The molecule has 30 heavy (non-hydrogen) atoms. The van der Waals surface area contributed by atoms with E-state index in [1.54, 1.807) is 18.4 Å². The fraction of sp³-hybridized carbons (Fsp3) is 0.0952. The average Bonchev–Trinajstić information content (AvgIpc) is 3.39. The summed E-state index contributed by atoms with van der Waals surface area (Å²) in [4.78, 5) is 12.3. The van der Waals surface area contributed by atoms with Crippen LogP contribution in [-0.4, -0.2) is 26.4 Å². The largest absolute Gasteiger partial charge is 0.467 e. The number of halogens is 2. The second-order valence-corrected chi connectivity index (χ2v) is 7.64. The summed E-state index contributed by atoms with van der Waals surface area (Å²) >= 11 is 7.59. The number of rotatable bonds is 7. The van der Waals surface area contributed by atoms with Gasteiger partial charge in [0.05, 0.1) is 23.6 Å². The average molecular weight is 443 g/mol. The van der Waals surface area contributed by atoms with E-state index in [0.29, 0.717) is 28.2 Å². The lowest BCUT2D eigenvalue weighted by Gasteiger charge is -2.10. The maximum Gasteiger partial charge on any atom is 0.234 e. The standard InChI is InChI=1S/C21H16ClFN4O2S/c22-18-6-2-1-5-17(18)20-25-26-21(27(20)12-16-4-3-11-29-16)30-13-19(28)24-15-9-7-14(23)8-10-15/h1-11H,12-13H2,(H,24,28). The maximum absolute atomic E-state index is 13.0. The Labute approximate surface area is 181 Å². The zero-order chi connectivity index (χ0) is 20.9. The monoisotopic (exact) mass is 442 g/mol. The van der Waals surface area contributed by atoms with Crippen LogP contribution in [0.15, 0.2) is 76.5 Å². The Bertz CT molecular complexity index is 1150. The summed E-state index contributed by atoms with van der Waals surface area (Å²) in [6, 6.07) is 16.6. The Balaban J connectivity index is 1.54. The minimum absolute atomic E-state index is 0.107. The number of thioether (sulfide) groups is 1. The van der Waals surface area contributed by atoms with E-state index in [1.807, 2.05) is 28.8 Å². The number of hydrogen-bond donors (Lipinski definition) is 1. The van der Waals surface area contributed by atoms with Crippen molar-refractivity contribution >= 4 is 35.0 Å². The summed E-state index contributed by atoms with van der Waals surface area (Å²) in [6.07, 6.45) is 1.60. The van der Waals surface area contributed by atoms with Crippen LogP contribution < -0.4 is 5.32 Å². The molecule has 0 saturated heterocycles. The van der Waals surface area contributed by atoms with Crippen molar-refractivity contribution in [3.8, 4) is 11.4 Å². The molecule has 0 aliphatic rings. The first-order chi connectivity index (χ1) is 14.6. The molecule has 0 aliphatic heterocycles. The van der Waals surface area contributed by atoms with Gasteiger partial charge in [0.25, 0.3) is 0 Å². The quantitative estimate of drug-likeness (QED) is 0.402. The molecule has 2 heterocycles. The molecule has 152 valence electrons. The van der Waals surface area contributed by atoms with Crippen LogP contribution in [0.4, 0.5) is 10.1 Å². The zero-order valence-corrected chi connectivity index (χ0v) is 17.2. The van der Waals surface area contributed by atoms with Gasteiger partial charge in [0.1, 0.15) is 11.6 Å². The number of anilines is 1. The summed E-state index contributed by atoms with van der Waals surface area (Å²) in [6.45, 7) is 0.391. The van der Waals surface area contributed by atoms with Gasteiger partial charge >= 0.3 is 0 Å². The number of furan rings is 1. The zero-order valence-electron chi connectivity index (χ0n) is 15.6. The van der Waals surface area contributed by atoms with Gasteiger partial charge < -0.3 is 9.73 Å². The lowest BCUT2D eigenvalue weighted by Crippen LogP contribution is -2.14. The summed E-state index contributed by atoms with van der Waals surface area (Å²) in [7, 11) is 0. The molecular weight excluding hydrogens is 427 g/mol. The Hall–Kier alpha value is -3.10. The summed E-state index contributed by atoms with van der Waals surface area (Å²) in [5.41, 5.74) is 1.26. The van der Waals surface area contributed by atoms with Gasteiger partial charge in [-0.3, -0.25) is 9.36 Å². The van der Waals surface area contributed by atoms with E-state index >= 15 is 0 Å². The third-order valence-corrected chi connectivity index (χ3v) is 5.48. The third kappa shape index (κ3) is 4.72. The van der Waals surface area contributed by atoms with Gasteiger partial charge in [0, 0.05) is 11.3 Å². The van der Waals surface area contributed by atoms with E-state index in [2.05, 4.69) is 15.5 Å². The van der Waals surface area contributed by atoms with Gasteiger partial charge in [-0.05, 0) is 48.5 Å². The number of carbonyl (C=O) groups excluding carboxylic acids is 1. The molecule has 0 bridgehead atoms. The third-order valence-electron chi connectivity index (χ3n) is 4.19. The van der Waals surface area contributed by atoms with Crippen LogP contribution in [0.5, 0.6) is 0 Å². The normalized spacial score (nSPS) is 10.9. The van der Waals surface area contributed by atoms with Gasteiger partial charge in [-0.1, -0.05) is 35.5 Å². The molecule has 1 amide bonds. The predicted octanol–water partition coefficient (Wildman–Crippen LogP) is 5.11. The minimum Gasteiger partial charge on any atom is -0.467 e. The summed E-state index contributed by atoms with van der Waals surface area (Å²) < 4.78 is 20.3. The second kappa shape index (κ2) is 9.15. The molecule has 0 unspecified atom stereocenters. The van der Waals surface area contributed by atoms with E-state index in [0.717, 1.165) is 11.3 Å². The van der Waals surface area contributed by atoms with Crippen LogP contribution >= 0.6 is 23.4 Å². The number of aromatic nitrogens is 3. The Morgan fingerprint density at radius 1 is 1.10 bits per heavy atom. The van der Waals surface area contributed by atoms with Crippen LogP contribution in [0.25, 0.3) is 11.4 Å². The van der Waals surface area contributed by atoms with Crippen molar-refractivity contribution in [2.45, 2.75) is 11.7 Å². The fourth-order valence-electron chi connectivity index (χ4n) is 2.80. The predicted molar refractivity (Wildman–Crippen MR) is 114 cm³/mol. The fourth-order valence-corrected chi connectivity index (χ4v) is 3.76. The molecule has 4 rings (SSSR count). The van der Waals surface area contributed by atoms with Crippen molar-refractivity contribution in [3.63, 3.8) is 0 Å². The lowest BCUT2D eigenvalue weighted by atomic mass is 10.2. The first-order valence-corrected chi connectivity index (χ1v) is 10.4. The highest BCUT2D eigenvalue weighted by molar-refractivity contribution is 7.99. The molecule has 9 heteroatoms. The number of hydrogen-bond acceptors (Lipinski definition) is 5. The Morgan fingerprint density at radius 3 is 2.63 bits per heavy atom. The summed E-state index contributed by atoms with van der Waals surface area (Å²) in [5.74, 6) is 0.814. The van der Waals surface area contributed by atoms with Gasteiger partial charge in [-0.25, -0.2) is 4.39 Å². The van der Waals surface area contributed by atoms with E-state index in [9.17, 15) is 9.18 Å². The van der Waals surface area contributed by atoms with Crippen molar-refractivity contribution in [3.05, 3.63) is 83.5 Å². The Kier molecular flexibility index (Phi) is 6.15. The molecule has 6 nitrogen and oxygen atoms in total. The molecule has 0 atom stereocenters. The lowest BCUT2D eigenvalue weighted by molar-refractivity contribution is -0.113. The van der Waals surface area contributed by atoms with Crippen molar-refractivity contribution in [2.24, 2.45) is 0 Å². The van der Waals surface area contributed by atoms with E-state index < -0.39 is 0 Å². The molecule has 0 aliphatic carbocycles. The van der Waals surface area contributed by atoms with Crippen molar-refractivity contribution in [1.82, 2.24) is 14.8 Å². The molecule has 0 radical (unpaired) electrons. The molecule has 2 aromatic heterocycles. The molecule has 0 fully saturated rings. The molecule has 0 saturated carbocycles. The van der Waals surface area contributed by atoms with Gasteiger partial charge in [-0.2, -0.15) is 0 Å². The van der Waals surface area contributed by atoms with Crippen molar-refractivity contribution in [2.75, 3.05) is 11.1 Å². The van der Waals surface area contributed by atoms with Gasteiger partial charge in [0.2, 0.25) is 5.91 Å². The maximum atomic E-state index is 13.0. The number of nitrogens with zero attached hydrogens (tertiary/aromatic N) is 3.